The Morgan fingerprint density at radius 2 is 2.12 bits per heavy atom. The van der Waals surface area contributed by atoms with Gasteiger partial charge in [0.25, 0.3) is 5.91 Å². The fourth-order valence-electron chi connectivity index (χ4n) is 2.91. The fourth-order valence-corrected chi connectivity index (χ4v) is 2.91. The molecule has 0 aliphatic carbocycles. The predicted octanol–water partition coefficient (Wildman–Crippen LogP) is 1.92. The maximum atomic E-state index is 12.4. The number of ether oxygens (including phenoxy) is 1. The Kier molecular flexibility index (Phi) is 3.89. The molecule has 0 fully saturated rings. The molecule has 2 heterocycles. The first-order chi connectivity index (χ1) is 12.2. The van der Waals surface area contributed by atoms with Crippen LogP contribution in [0.3, 0.4) is 0 Å². The van der Waals surface area contributed by atoms with Crippen LogP contribution in [0.1, 0.15) is 28.7 Å². The minimum atomic E-state index is -0.162. The van der Waals surface area contributed by atoms with Crippen LogP contribution in [0.2, 0.25) is 0 Å². The summed E-state index contributed by atoms with van der Waals surface area (Å²) >= 11 is 0. The lowest BCUT2D eigenvalue weighted by molar-refractivity contribution is 0.0949. The normalized spacial score (nSPS) is 15.5. The van der Waals surface area contributed by atoms with E-state index in [1.807, 2.05) is 49.4 Å². The van der Waals surface area contributed by atoms with E-state index in [-0.39, 0.29) is 18.6 Å². The van der Waals surface area contributed by atoms with E-state index in [9.17, 15) is 4.79 Å². The van der Waals surface area contributed by atoms with Gasteiger partial charge in [-0.15, -0.1) is 5.10 Å². The molecule has 0 spiro atoms. The van der Waals surface area contributed by atoms with Gasteiger partial charge in [-0.05, 0) is 53.2 Å². The standard InChI is InChI=1S/C18H17N5O2/c1-12-9-14-10-13(7-8-16(14)25-12)18(24)19-11-17-20-21-22-23(17)15-5-3-2-4-6-15/h2-8,10,12H,9,11H2,1H3,(H,19,24)/t12-/m0/s1. The van der Waals surface area contributed by atoms with Gasteiger partial charge in [0.2, 0.25) is 0 Å². The van der Waals surface area contributed by atoms with Crippen LogP contribution in [0.25, 0.3) is 5.69 Å². The van der Waals surface area contributed by atoms with Crippen LogP contribution in [0.15, 0.2) is 48.5 Å². The predicted molar refractivity (Wildman–Crippen MR) is 90.6 cm³/mol. The molecule has 0 saturated heterocycles. The minimum absolute atomic E-state index is 0.156. The lowest BCUT2D eigenvalue weighted by Crippen LogP contribution is -2.24. The highest BCUT2D eigenvalue weighted by molar-refractivity contribution is 5.94. The first kappa shape index (κ1) is 15.3. The zero-order valence-corrected chi connectivity index (χ0v) is 13.7. The van der Waals surface area contributed by atoms with E-state index in [0.29, 0.717) is 11.4 Å². The van der Waals surface area contributed by atoms with Crippen molar-refractivity contribution in [2.75, 3.05) is 0 Å². The van der Waals surface area contributed by atoms with Crippen molar-refractivity contribution in [3.05, 3.63) is 65.5 Å². The van der Waals surface area contributed by atoms with Gasteiger partial charge in [-0.1, -0.05) is 18.2 Å². The maximum Gasteiger partial charge on any atom is 0.251 e. The number of carbonyl (C=O) groups excluding carboxylic acids is 1. The van der Waals surface area contributed by atoms with Crippen LogP contribution in [-0.4, -0.2) is 32.2 Å². The van der Waals surface area contributed by atoms with Crippen molar-refractivity contribution in [1.82, 2.24) is 25.5 Å². The zero-order chi connectivity index (χ0) is 17.2. The topological polar surface area (TPSA) is 81.9 Å². The third kappa shape index (κ3) is 3.08. The smallest absolute Gasteiger partial charge is 0.251 e. The molecular formula is C18H17N5O2. The molecule has 0 radical (unpaired) electrons. The van der Waals surface area contributed by atoms with E-state index in [1.165, 1.54) is 0 Å². The second-order valence-electron chi connectivity index (χ2n) is 5.98. The average molecular weight is 335 g/mol. The molecule has 25 heavy (non-hydrogen) atoms. The van der Waals surface area contributed by atoms with Crippen molar-refractivity contribution in [2.24, 2.45) is 0 Å². The number of nitrogens with zero attached hydrogens (tertiary/aromatic N) is 4. The SMILES string of the molecule is C[C@H]1Cc2cc(C(=O)NCc3nnnn3-c3ccccc3)ccc2O1. The molecule has 1 atom stereocenters. The number of nitrogens with one attached hydrogen (secondary N) is 1. The quantitative estimate of drug-likeness (QED) is 0.788. The number of aromatic nitrogens is 4. The molecule has 1 aliphatic heterocycles. The van der Waals surface area contributed by atoms with E-state index in [4.69, 9.17) is 4.74 Å². The Hall–Kier alpha value is -3.22. The molecule has 0 bridgehead atoms. The van der Waals surface area contributed by atoms with Gasteiger partial charge in [-0.25, -0.2) is 0 Å². The molecule has 1 aromatic heterocycles. The Labute approximate surface area is 144 Å². The number of fused-ring (bicyclic) bond motifs is 1. The highest BCUT2D eigenvalue weighted by atomic mass is 16.5. The molecule has 1 aliphatic rings. The Balaban J connectivity index is 1.47. The molecule has 4 rings (SSSR count). The summed E-state index contributed by atoms with van der Waals surface area (Å²) in [6, 6.07) is 15.1. The Bertz CT molecular complexity index is 907. The highest BCUT2D eigenvalue weighted by Gasteiger charge is 2.20. The van der Waals surface area contributed by atoms with E-state index in [2.05, 4.69) is 20.8 Å². The molecule has 7 nitrogen and oxygen atoms in total. The minimum Gasteiger partial charge on any atom is -0.490 e. The van der Waals surface area contributed by atoms with E-state index < -0.39 is 0 Å². The number of hydrogen-bond donors (Lipinski definition) is 1. The number of benzene rings is 2. The summed E-state index contributed by atoms with van der Waals surface area (Å²) in [4.78, 5) is 12.4. The van der Waals surface area contributed by atoms with Gasteiger partial charge >= 0.3 is 0 Å². The zero-order valence-electron chi connectivity index (χ0n) is 13.7. The number of hydrogen-bond acceptors (Lipinski definition) is 5. The van der Waals surface area contributed by atoms with Crippen LogP contribution < -0.4 is 10.1 Å². The number of para-hydroxylation sites is 1. The van der Waals surface area contributed by atoms with Gasteiger partial charge in [0, 0.05) is 12.0 Å². The van der Waals surface area contributed by atoms with Crippen molar-refractivity contribution in [1.29, 1.82) is 0 Å². The Morgan fingerprint density at radius 1 is 1.28 bits per heavy atom. The molecule has 1 amide bonds. The number of tetrazole rings is 1. The van der Waals surface area contributed by atoms with Crippen LogP contribution in [0, 0.1) is 0 Å². The summed E-state index contributed by atoms with van der Waals surface area (Å²) in [6.45, 7) is 2.26. The van der Waals surface area contributed by atoms with Crippen molar-refractivity contribution < 1.29 is 9.53 Å². The van der Waals surface area contributed by atoms with E-state index >= 15 is 0 Å². The number of amides is 1. The van der Waals surface area contributed by atoms with Crippen molar-refractivity contribution >= 4 is 5.91 Å². The summed E-state index contributed by atoms with van der Waals surface area (Å²) in [6.07, 6.45) is 0.978. The molecule has 126 valence electrons. The van der Waals surface area contributed by atoms with Gasteiger partial charge in [0.05, 0.1) is 12.2 Å². The highest BCUT2D eigenvalue weighted by Crippen LogP contribution is 2.29. The van der Waals surface area contributed by atoms with Crippen LogP contribution in [0.4, 0.5) is 0 Å². The Morgan fingerprint density at radius 3 is 2.96 bits per heavy atom. The second-order valence-corrected chi connectivity index (χ2v) is 5.98. The van der Waals surface area contributed by atoms with Gasteiger partial charge in [-0.2, -0.15) is 4.68 Å². The number of rotatable bonds is 4. The first-order valence-electron chi connectivity index (χ1n) is 8.11. The lowest BCUT2D eigenvalue weighted by atomic mass is 10.1. The summed E-state index contributed by atoms with van der Waals surface area (Å²) in [5.41, 5.74) is 2.52. The van der Waals surface area contributed by atoms with Crippen molar-refractivity contribution in [2.45, 2.75) is 26.0 Å². The number of carbonyl (C=O) groups is 1. The summed E-state index contributed by atoms with van der Waals surface area (Å²) < 4.78 is 7.27. The average Bonchev–Trinajstić information content (AvgIpc) is 3.24. The molecule has 1 N–H and O–H groups in total. The lowest BCUT2D eigenvalue weighted by Gasteiger charge is -2.07. The van der Waals surface area contributed by atoms with Crippen LogP contribution >= 0.6 is 0 Å². The summed E-state index contributed by atoms with van der Waals surface area (Å²) in [5.74, 6) is 1.26. The van der Waals surface area contributed by atoms with Gasteiger partial charge < -0.3 is 10.1 Å². The molecular weight excluding hydrogens is 318 g/mol. The fraction of sp³-hybridized carbons (Fsp3) is 0.222. The van der Waals surface area contributed by atoms with Crippen molar-refractivity contribution in [3.63, 3.8) is 0 Å². The van der Waals surface area contributed by atoms with Crippen molar-refractivity contribution in [3.8, 4) is 11.4 Å². The van der Waals surface area contributed by atoms with Gasteiger partial charge in [0.15, 0.2) is 5.82 Å². The first-order valence-corrected chi connectivity index (χ1v) is 8.11. The molecule has 7 heteroatoms. The third-order valence-electron chi connectivity index (χ3n) is 4.10. The third-order valence-corrected chi connectivity index (χ3v) is 4.10. The van der Waals surface area contributed by atoms with Gasteiger partial charge in [0.1, 0.15) is 11.9 Å². The monoisotopic (exact) mass is 335 g/mol. The summed E-state index contributed by atoms with van der Waals surface area (Å²) in [5, 5.41) is 14.5. The maximum absolute atomic E-state index is 12.4. The molecule has 0 saturated carbocycles. The van der Waals surface area contributed by atoms with E-state index in [0.717, 1.165) is 23.4 Å². The summed E-state index contributed by atoms with van der Waals surface area (Å²) in [7, 11) is 0. The van der Waals surface area contributed by atoms with E-state index in [1.54, 1.807) is 10.7 Å². The van der Waals surface area contributed by atoms with Gasteiger partial charge in [-0.3, -0.25) is 4.79 Å². The molecule has 3 aromatic rings. The second kappa shape index (κ2) is 6.35. The van der Waals surface area contributed by atoms with Crippen LogP contribution in [-0.2, 0) is 13.0 Å². The largest absolute Gasteiger partial charge is 0.490 e. The molecule has 2 aromatic carbocycles. The van der Waals surface area contributed by atoms with Crippen LogP contribution in [0.5, 0.6) is 5.75 Å². The molecule has 0 unspecified atom stereocenters.